The first kappa shape index (κ1) is 16.6. The fourth-order valence-electron chi connectivity index (χ4n) is 2.74. The van der Waals surface area contributed by atoms with Crippen molar-refractivity contribution in [2.45, 2.75) is 6.54 Å². The second-order valence-corrected chi connectivity index (χ2v) is 5.97. The number of hydrogen-bond acceptors (Lipinski definition) is 6. The zero-order chi connectivity index (χ0) is 19.0. The number of nitrogens with one attached hydrogen (secondary N) is 3. The van der Waals surface area contributed by atoms with Crippen LogP contribution >= 0.6 is 0 Å². The number of benzene rings is 2. The van der Waals surface area contributed by atoms with Crippen LogP contribution in [0.2, 0.25) is 0 Å². The van der Waals surface area contributed by atoms with Crippen molar-refractivity contribution < 1.29 is 19.4 Å². The molecule has 0 radical (unpaired) electrons. The van der Waals surface area contributed by atoms with Crippen molar-refractivity contribution in [2.75, 3.05) is 11.9 Å². The number of phenolic OH excluding ortho intramolecular Hbond substituents is 1. The van der Waals surface area contributed by atoms with Gasteiger partial charge < -0.3 is 25.5 Å². The highest BCUT2D eigenvalue weighted by Gasteiger charge is 2.16. The molecule has 3 aromatic rings. The molecule has 2 heterocycles. The number of rotatable bonds is 3. The van der Waals surface area contributed by atoms with Gasteiger partial charge in [0.25, 0.3) is 17.4 Å². The topological polar surface area (TPSA) is 133 Å². The quantitative estimate of drug-likeness (QED) is 0.544. The van der Waals surface area contributed by atoms with Gasteiger partial charge in [-0.15, -0.1) is 0 Å². The SMILES string of the molecule is O=C1COc2ccc(CNC(=O)c3nc4ccc(O)cc4c(=O)[nH]3)cc2N1. The second-order valence-electron chi connectivity index (χ2n) is 5.97. The molecule has 2 amide bonds. The fraction of sp³-hybridized carbons (Fsp3) is 0.111. The lowest BCUT2D eigenvalue weighted by atomic mass is 10.1. The van der Waals surface area contributed by atoms with Gasteiger partial charge in [0, 0.05) is 6.54 Å². The summed E-state index contributed by atoms with van der Waals surface area (Å²) in [5, 5.41) is 15.0. The summed E-state index contributed by atoms with van der Waals surface area (Å²) in [5.41, 5.74) is 1.06. The summed E-state index contributed by atoms with van der Waals surface area (Å²) < 4.78 is 5.28. The van der Waals surface area contributed by atoms with Gasteiger partial charge >= 0.3 is 0 Å². The Kier molecular flexibility index (Phi) is 3.96. The Balaban J connectivity index is 1.52. The zero-order valence-corrected chi connectivity index (χ0v) is 13.9. The Morgan fingerprint density at radius 2 is 2.07 bits per heavy atom. The van der Waals surface area contributed by atoms with E-state index in [1.54, 1.807) is 18.2 Å². The Bertz CT molecular complexity index is 1140. The monoisotopic (exact) mass is 366 g/mol. The third-order valence-corrected chi connectivity index (χ3v) is 4.03. The van der Waals surface area contributed by atoms with E-state index in [1.165, 1.54) is 18.2 Å². The largest absolute Gasteiger partial charge is 0.508 e. The number of aromatic nitrogens is 2. The van der Waals surface area contributed by atoms with Crippen molar-refractivity contribution in [1.82, 2.24) is 15.3 Å². The van der Waals surface area contributed by atoms with E-state index in [2.05, 4.69) is 20.6 Å². The fourth-order valence-corrected chi connectivity index (χ4v) is 2.74. The smallest absolute Gasteiger partial charge is 0.287 e. The molecule has 1 aromatic heterocycles. The average Bonchev–Trinajstić information content (AvgIpc) is 2.66. The molecule has 9 nitrogen and oxygen atoms in total. The van der Waals surface area contributed by atoms with Crippen molar-refractivity contribution >= 4 is 28.4 Å². The maximum Gasteiger partial charge on any atom is 0.287 e. The molecule has 1 aliphatic heterocycles. The number of aromatic hydroxyl groups is 1. The van der Waals surface area contributed by atoms with E-state index < -0.39 is 11.5 Å². The number of phenols is 1. The Labute approximate surface area is 152 Å². The highest BCUT2D eigenvalue weighted by molar-refractivity contribution is 5.95. The summed E-state index contributed by atoms with van der Waals surface area (Å²) >= 11 is 0. The van der Waals surface area contributed by atoms with Crippen LogP contribution < -0.4 is 20.9 Å². The first-order chi connectivity index (χ1) is 13.0. The molecule has 0 spiro atoms. The maximum atomic E-state index is 12.3. The molecule has 136 valence electrons. The summed E-state index contributed by atoms with van der Waals surface area (Å²) in [6.45, 7) is 0.140. The number of amides is 2. The van der Waals surface area contributed by atoms with E-state index >= 15 is 0 Å². The Hall–Kier alpha value is -3.88. The van der Waals surface area contributed by atoms with Crippen molar-refractivity contribution in [3.63, 3.8) is 0 Å². The first-order valence-electron chi connectivity index (χ1n) is 8.06. The summed E-state index contributed by atoms with van der Waals surface area (Å²) in [6, 6.07) is 9.30. The van der Waals surface area contributed by atoms with Crippen LogP contribution in [0.1, 0.15) is 16.2 Å². The van der Waals surface area contributed by atoms with Crippen LogP contribution in [0.4, 0.5) is 5.69 Å². The number of carbonyl (C=O) groups excluding carboxylic acids is 2. The molecule has 1 aliphatic rings. The minimum atomic E-state index is -0.555. The van der Waals surface area contributed by atoms with E-state index in [9.17, 15) is 19.5 Å². The molecule has 0 saturated carbocycles. The maximum absolute atomic E-state index is 12.3. The van der Waals surface area contributed by atoms with Gasteiger partial charge in [0.15, 0.2) is 12.4 Å². The molecular formula is C18H14N4O5. The number of nitrogens with zero attached hydrogens (tertiary/aromatic N) is 1. The van der Waals surface area contributed by atoms with E-state index in [4.69, 9.17) is 4.74 Å². The van der Waals surface area contributed by atoms with E-state index in [0.717, 1.165) is 5.56 Å². The van der Waals surface area contributed by atoms with Crippen molar-refractivity contribution in [2.24, 2.45) is 0 Å². The number of H-pyrrole nitrogens is 1. The van der Waals surface area contributed by atoms with Crippen molar-refractivity contribution in [3.05, 3.63) is 58.1 Å². The molecule has 9 heteroatoms. The molecule has 0 bridgehead atoms. The predicted octanol–water partition coefficient (Wildman–Crippen LogP) is 0.890. The van der Waals surface area contributed by atoms with Crippen LogP contribution in [0.3, 0.4) is 0 Å². The highest BCUT2D eigenvalue weighted by atomic mass is 16.5. The van der Waals surface area contributed by atoms with Crippen LogP contribution in [0, 0.1) is 0 Å². The molecule has 27 heavy (non-hydrogen) atoms. The van der Waals surface area contributed by atoms with Crippen molar-refractivity contribution in [3.8, 4) is 11.5 Å². The average molecular weight is 366 g/mol. The third-order valence-electron chi connectivity index (χ3n) is 4.03. The molecular weight excluding hydrogens is 352 g/mol. The number of aromatic amines is 1. The minimum Gasteiger partial charge on any atom is -0.508 e. The molecule has 0 fully saturated rings. The molecule has 4 rings (SSSR count). The van der Waals surface area contributed by atoms with Crippen LogP contribution in [0.5, 0.6) is 11.5 Å². The van der Waals surface area contributed by atoms with Gasteiger partial charge in [-0.05, 0) is 35.9 Å². The summed E-state index contributed by atoms with van der Waals surface area (Å²) in [4.78, 5) is 42.3. The van der Waals surface area contributed by atoms with Crippen LogP contribution in [-0.4, -0.2) is 33.5 Å². The molecule has 0 aliphatic carbocycles. The van der Waals surface area contributed by atoms with E-state index in [1.807, 2.05) is 0 Å². The lowest BCUT2D eigenvalue weighted by Crippen LogP contribution is -2.28. The van der Waals surface area contributed by atoms with Gasteiger partial charge in [0.2, 0.25) is 0 Å². The van der Waals surface area contributed by atoms with Crippen molar-refractivity contribution in [1.29, 1.82) is 0 Å². The minimum absolute atomic E-state index is 0.0259. The molecule has 4 N–H and O–H groups in total. The predicted molar refractivity (Wildman–Crippen MR) is 95.8 cm³/mol. The normalized spacial score (nSPS) is 12.8. The lowest BCUT2D eigenvalue weighted by molar-refractivity contribution is -0.118. The summed E-state index contributed by atoms with van der Waals surface area (Å²) in [7, 11) is 0. The van der Waals surface area contributed by atoms with Gasteiger partial charge in [0.1, 0.15) is 11.5 Å². The first-order valence-corrected chi connectivity index (χ1v) is 8.06. The lowest BCUT2D eigenvalue weighted by Gasteiger charge is -2.18. The summed E-state index contributed by atoms with van der Waals surface area (Å²) in [6.07, 6.45) is 0. The van der Waals surface area contributed by atoms with Gasteiger partial charge in [0.05, 0.1) is 16.6 Å². The number of hydrogen-bond donors (Lipinski definition) is 4. The van der Waals surface area contributed by atoms with Gasteiger partial charge in [-0.1, -0.05) is 6.07 Å². The van der Waals surface area contributed by atoms with E-state index in [-0.39, 0.29) is 36.0 Å². The van der Waals surface area contributed by atoms with Gasteiger partial charge in [-0.3, -0.25) is 14.4 Å². The van der Waals surface area contributed by atoms with Gasteiger partial charge in [-0.2, -0.15) is 0 Å². The number of carbonyl (C=O) groups is 2. The highest BCUT2D eigenvalue weighted by Crippen LogP contribution is 2.28. The Morgan fingerprint density at radius 3 is 2.93 bits per heavy atom. The number of fused-ring (bicyclic) bond motifs is 2. The molecule has 0 unspecified atom stereocenters. The second kappa shape index (κ2) is 6.45. The molecule has 0 saturated heterocycles. The van der Waals surface area contributed by atoms with Gasteiger partial charge in [-0.25, -0.2) is 4.98 Å². The third kappa shape index (κ3) is 3.30. The van der Waals surface area contributed by atoms with Crippen LogP contribution in [0.15, 0.2) is 41.2 Å². The zero-order valence-electron chi connectivity index (χ0n) is 13.9. The standard InChI is InChI=1S/C18H14N4O5/c23-10-2-3-12-11(6-10)17(25)22-16(21-12)18(26)19-7-9-1-4-14-13(5-9)20-15(24)8-27-14/h1-6,23H,7-8H2,(H,19,26)(H,20,24)(H,21,22,25). The molecule has 0 atom stereocenters. The van der Waals surface area contributed by atoms with Crippen LogP contribution in [0.25, 0.3) is 10.9 Å². The van der Waals surface area contributed by atoms with Crippen LogP contribution in [-0.2, 0) is 11.3 Å². The number of ether oxygens (including phenoxy) is 1. The van der Waals surface area contributed by atoms with E-state index in [0.29, 0.717) is 17.0 Å². The molecule has 2 aromatic carbocycles. The summed E-state index contributed by atoms with van der Waals surface area (Å²) in [5.74, 6) is -0.426. The number of anilines is 1. The Morgan fingerprint density at radius 1 is 1.22 bits per heavy atom.